The molecule has 2 N–H and O–H groups in total. The van der Waals surface area contributed by atoms with Crippen LogP contribution in [-0.4, -0.2) is 22.3 Å². The van der Waals surface area contributed by atoms with E-state index in [2.05, 4.69) is 0 Å². The largest absolute Gasteiger partial charge is 0.481 e. The third-order valence-corrected chi connectivity index (χ3v) is 3.43. The van der Waals surface area contributed by atoms with Crippen molar-refractivity contribution in [3.05, 3.63) is 12.2 Å². The smallest absolute Gasteiger partial charge is 0.303 e. The zero-order valence-corrected chi connectivity index (χ0v) is 13.0. The Morgan fingerprint density at radius 3 is 2.52 bits per heavy atom. The van der Waals surface area contributed by atoms with E-state index in [1.165, 1.54) is 0 Å². The van der Waals surface area contributed by atoms with E-state index in [0.717, 1.165) is 44.9 Å². The number of carboxylic acids is 1. The Bertz CT molecular complexity index is 408. The van der Waals surface area contributed by atoms with Crippen molar-refractivity contribution in [1.82, 2.24) is 0 Å². The molecule has 0 amide bonds. The molecule has 0 aromatic heterocycles. The van der Waals surface area contributed by atoms with Crippen LogP contribution in [-0.2, 0) is 4.79 Å². The number of aliphatic carboxylic acids is 1. The van der Waals surface area contributed by atoms with Gasteiger partial charge in [-0.05, 0) is 32.1 Å². The Balaban J connectivity index is 3.58. The molecule has 0 aliphatic heterocycles. The van der Waals surface area contributed by atoms with Crippen LogP contribution >= 0.6 is 0 Å². The molecule has 0 radical (unpaired) electrons. The second kappa shape index (κ2) is 15.6. The topological polar surface area (TPSA) is 57.5 Å². The van der Waals surface area contributed by atoms with E-state index in [4.69, 9.17) is 12.0 Å². The van der Waals surface area contributed by atoms with Crippen LogP contribution in [0.15, 0.2) is 12.2 Å². The lowest BCUT2D eigenvalue weighted by Crippen LogP contribution is -2.04. The normalized spacial score (nSPS) is 17.7. The molecule has 1 atom stereocenters. The van der Waals surface area contributed by atoms with Gasteiger partial charge in [0.15, 0.2) is 0 Å². The molecule has 1 unspecified atom stereocenters. The van der Waals surface area contributed by atoms with Crippen LogP contribution in [0.2, 0.25) is 0 Å². The summed E-state index contributed by atoms with van der Waals surface area (Å²) in [5.41, 5.74) is 0. The highest BCUT2D eigenvalue weighted by molar-refractivity contribution is 5.66. The van der Waals surface area contributed by atoms with Crippen LogP contribution < -0.4 is 0 Å². The quantitative estimate of drug-likeness (QED) is 0.327. The van der Waals surface area contributed by atoms with Crippen molar-refractivity contribution < 1.29 is 21.9 Å². The monoisotopic (exact) mass is 303 g/mol. The lowest BCUT2D eigenvalue weighted by Gasteiger charge is -2.07. The van der Waals surface area contributed by atoms with Gasteiger partial charge in [-0.25, -0.2) is 0 Å². The lowest BCUT2D eigenvalue weighted by atomic mass is 10.0. The summed E-state index contributed by atoms with van der Waals surface area (Å²) in [5.74, 6) is -0.739. The number of hydrogen-bond acceptors (Lipinski definition) is 2. The first-order chi connectivity index (χ1) is 12.1. The fraction of sp³-hybridized carbons (Fsp3) is 0.833. The highest BCUT2D eigenvalue weighted by Crippen LogP contribution is 2.11. The molecule has 0 aliphatic rings. The highest BCUT2D eigenvalue weighted by atomic mass is 16.4. The van der Waals surface area contributed by atoms with E-state index in [1.54, 1.807) is 0 Å². The van der Waals surface area contributed by atoms with Crippen molar-refractivity contribution >= 4 is 5.97 Å². The molecule has 21 heavy (non-hydrogen) atoms. The van der Waals surface area contributed by atoms with Crippen LogP contribution in [0.4, 0.5) is 0 Å². The van der Waals surface area contributed by atoms with Gasteiger partial charge >= 0.3 is 5.97 Å². The van der Waals surface area contributed by atoms with Crippen molar-refractivity contribution in [1.29, 1.82) is 0 Å². The van der Waals surface area contributed by atoms with Crippen LogP contribution in [0.1, 0.15) is 97.1 Å². The van der Waals surface area contributed by atoms with Gasteiger partial charge in [-0.2, -0.15) is 0 Å². The summed E-state index contributed by atoms with van der Waals surface area (Å²) in [6.45, 7) is -2.58. The second-order valence-electron chi connectivity index (χ2n) is 5.48. The average molecular weight is 303 g/mol. The van der Waals surface area contributed by atoms with E-state index >= 15 is 0 Å². The van der Waals surface area contributed by atoms with Gasteiger partial charge in [-0.15, -0.1) is 0 Å². The minimum absolute atomic E-state index is 0.00284. The number of unbranched alkanes of at least 4 members (excludes halogenated alkanes) is 6. The number of hydrogen-bond donors (Lipinski definition) is 2. The van der Waals surface area contributed by atoms with Crippen LogP contribution in [0.5, 0.6) is 0 Å². The number of carboxylic acid groups (broad SMARTS) is 1. The Hall–Kier alpha value is -0.830. The molecule has 3 heteroatoms. The Morgan fingerprint density at radius 2 is 1.81 bits per heavy atom. The van der Waals surface area contributed by atoms with Crippen molar-refractivity contribution in [2.75, 3.05) is 0 Å². The molecule has 0 saturated heterocycles. The predicted octanol–water partition coefficient (Wildman–Crippen LogP) is 5.08. The summed E-state index contributed by atoms with van der Waals surface area (Å²) in [4.78, 5) is 10.4. The maximum absolute atomic E-state index is 10.4. The summed E-state index contributed by atoms with van der Waals surface area (Å²) in [6, 6.07) is 0. The predicted molar refractivity (Wildman–Crippen MR) is 88.5 cm³/mol. The number of carbonyl (C=O) groups is 1. The molecule has 124 valence electrons. The summed E-state index contributed by atoms with van der Waals surface area (Å²) < 4.78 is 36.4. The van der Waals surface area contributed by atoms with E-state index < -0.39 is 19.2 Å². The standard InChI is InChI=1S/C18H34O3/c1-2-3-4-5-8-11-14-17(19)15-12-9-6-7-10-13-16-18(20)21/h8,11,17,19H,2-7,9-10,12-16H2,1H3,(H,20,21)/b11-8-/i1D3,2D2. The molecule has 0 fully saturated rings. The van der Waals surface area contributed by atoms with Crippen molar-refractivity contribution in [3.8, 4) is 0 Å². The molecule has 0 saturated carbocycles. The molecule has 0 heterocycles. The van der Waals surface area contributed by atoms with Gasteiger partial charge in [0.25, 0.3) is 0 Å². The summed E-state index contributed by atoms with van der Waals surface area (Å²) >= 11 is 0. The fourth-order valence-corrected chi connectivity index (χ4v) is 2.16. The lowest BCUT2D eigenvalue weighted by molar-refractivity contribution is -0.137. The van der Waals surface area contributed by atoms with Gasteiger partial charge in [-0.3, -0.25) is 4.79 Å². The SMILES string of the molecule is [2H]C([2H])([2H])C([2H])([2H])CCC/C=C\CC(O)CCCCCCCCC(=O)O. The van der Waals surface area contributed by atoms with Crippen molar-refractivity contribution in [2.45, 2.75) is 96.4 Å². The molecule has 0 aromatic rings. The minimum atomic E-state index is -2.58. The first kappa shape index (κ1) is 12.7. The number of allylic oxidation sites excluding steroid dienone is 1. The van der Waals surface area contributed by atoms with Crippen molar-refractivity contribution in [3.63, 3.8) is 0 Å². The average Bonchev–Trinajstić information content (AvgIpc) is 2.51. The van der Waals surface area contributed by atoms with Crippen LogP contribution in [0.25, 0.3) is 0 Å². The van der Waals surface area contributed by atoms with E-state index in [1.807, 2.05) is 12.2 Å². The molecular formula is C18H34O3. The second-order valence-corrected chi connectivity index (χ2v) is 5.48. The Kier molecular flexibility index (Phi) is 9.40. The zero-order chi connectivity index (χ0) is 20.1. The zero-order valence-electron chi connectivity index (χ0n) is 18.0. The maximum Gasteiger partial charge on any atom is 0.303 e. The van der Waals surface area contributed by atoms with Crippen molar-refractivity contribution in [2.24, 2.45) is 0 Å². The van der Waals surface area contributed by atoms with E-state index in [-0.39, 0.29) is 18.9 Å². The molecular weight excluding hydrogens is 264 g/mol. The summed E-state index contributed by atoms with van der Waals surface area (Å²) in [5, 5.41) is 18.4. The summed E-state index contributed by atoms with van der Waals surface area (Å²) in [7, 11) is 0. The van der Waals surface area contributed by atoms with Gasteiger partial charge < -0.3 is 10.2 Å². The third-order valence-electron chi connectivity index (χ3n) is 3.43. The molecule has 0 aromatic carbocycles. The Morgan fingerprint density at radius 1 is 1.10 bits per heavy atom. The van der Waals surface area contributed by atoms with Gasteiger partial charge in [0.2, 0.25) is 0 Å². The molecule has 0 rings (SSSR count). The number of aliphatic hydroxyl groups is 1. The third kappa shape index (κ3) is 17.1. The van der Waals surface area contributed by atoms with Crippen LogP contribution in [0.3, 0.4) is 0 Å². The summed E-state index contributed by atoms with van der Waals surface area (Å²) in [6.07, 6.45) is 9.61. The van der Waals surface area contributed by atoms with Gasteiger partial charge in [0, 0.05) is 13.3 Å². The highest BCUT2D eigenvalue weighted by Gasteiger charge is 2.01. The number of aliphatic hydroxyl groups excluding tert-OH is 1. The maximum atomic E-state index is 10.4. The van der Waals surface area contributed by atoms with E-state index in [0.29, 0.717) is 19.3 Å². The molecule has 0 aliphatic carbocycles. The number of rotatable bonds is 15. The molecule has 0 bridgehead atoms. The van der Waals surface area contributed by atoms with Gasteiger partial charge in [0.1, 0.15) is 0 Å². The fourth-order valence-electron chi connectivity index (χ4n) is 2.16. The van der Waals surface area contributed by atoms with Crippen LogP contribution in [0, 0.1) is 0 Å². The minimum Gasteiger partial charge on any atom is -0.481 e. The first-order valence-electron chi connectivity index (χ1n) is 10.6. The first-order valence-corrected chi connectivity index (χ1v) is 8.11. The van der Waals surface area contributed by atoms with E-state index in [9.17, 15) is 9.90 Å². The molecule has 3 nitrogen and oxygen atoms in total. The van der Waals surface area contributed by atoms with Gasteiger partial charge in [0.05, 0.1) is 6.10 Å². The Labute approximate surface area is 137 Å². The molecule has 0 spiro atoms. The van der Waals surface area contributed by atoms with Gasteiger partial charge in [-0.1, -0.05) is 63.9 Å².